The van der Waals surface area contributed by atoms with Gasteiger partial charge in [0.25, 0.3) is 11.6 Å². The molecule has 1 fully saturated rings. The van der Waals surface area contributed by atoms with Crippen molar-refractivity contribution in [2.24, 2.45) is 5.10 Å². The van der Waals surface area contributed by atoms with Crippen LogP contribution < -0.4 is 25.8 Å². The lowest BCUT2D eigenvalue weighted by Gasteiger charge is -2.09. The van der Waals surface area contributed by atoms with Gasteiger partial charge >= 0.3 is 0 Å². The number of hydrazine groups is 1. The molecule has 2 aromatic carbocycles. The van der Waals surface area contributed by atoms with Gasteiger partial charge < -0.3 is 9.47 Å². The maximum Gasteiger partial charge on any atom is 0.269 e. The number of non-ortho nitro benzene ring substituents is 1. The zero-order valence-electron chi connectivity index (χ0n) is 15.9. The molecule has 0 bridgehead atoms. The molecule has 0 aliphatic carbocycles. The van der Waals surface area contributed by atoms with Crippen molar-refractivity contribution >= 4 is 17.8 Å². The van der Waals surface area contributed by atoms with E-state index in [1.165, 1.54) is 18.3 Å². The first-order valence-electron chi connectivity index (χ1n) is 8.82. The van der Waals surface area contributed by atoms with E-state index in [4.69, 9.17) is 9.47 Å². The summed E-state index contributed by atoms with van der Waals surface area (Å²) in [5, 5.41) is 14.9. The number of nitro groups is 1. The molecule has 2 aromatic rings. The Morgan fingerprint density at radius 3 is 2.79 bits per heavy atom. The molecule has 152 valence electrons. The van der Waals surface area contributed by atoms with Gasteiger partial charge in [-0.15, -0.1) is 0 Å². The third kappa shape index (κ3) is 4.86. The van der Waals surface area contributed by atoms with Gasteiger partial charge in [-0.25, -0.2) is 16.3 Å². The van der Waals surface area contributed by atoms with Crippen LogP contribution in [0.4, 0.5) is 5.69 Å². The van der Waals surface area contributed by atoms with E-state index in [-0.39, 0.29) is 17.6 Å². The zero-order valence-corrected chi connectivity index (χ0v) is 15.9. The number of hydrogen-bond donors (Lipinski definition) is 3. The number of amides is 1. The summed E-state index contributed by atoms with van der Waals surface area (Å²) >= 11 is 0. The van der Waals surface area contributed by atoms with E-state index in [0.29, 0.717) is 23.5 Å². The first kappa shape index (κ1) is 20.2. The second-order valence-corrected chi connectivity index (χ2v) is 6.32. The molecular weight excluding hydrogens is 378 g/mol. The van der Waals surface area contributed by atoms with E-state index in [1.54, 1.807) is 44.6 Å². The lowest BCUT2D eigenvalue weighted by Crippen LogP contribution is -2.41. The van der Waals surface area contributed by atoms with Crippen molar-refractivity contribution in [2.45, 2.75) is 18.5 Å². The van der Waals surface area contributed by atoms with Gasteiger partial charge in [0.05, 0.1) is 25.4 Å². The number of ether oxygens (including phenoxy) is 2. The van der Waals surface area contributed by atoms with Crippen molar-refractivity contribution in [3.63, 3.8) is 0 Å². The number of benzene rings is 2. The minimum atomic E-state index is -0.538. The van der Waals surface area contributed by atoms with Gasteiger partial charge in [-0.2, -0.15) is 5.10 Å². The number of hydrazone groups is 1. The fraction of sp³-hybridized carbons (Fsp3) is 0.263. The smallest absolute Gasteiger partial charge is 0.269 e. The number of carbonyl (C=O) groups is 1. The molecule has 1 amide bonds. The number of carbonyl (C=O) groups excluding carboxylic acids is 1. The SMILES string of the molecule is COc1ccc(OC)c(/C=N/NC(=O)C2CC(c3cccc([N+](=O)[O-])c3)NN2)c1. The van der Waals surface area contributed by atoms with Crippen molar-refractivity contribution in [3.05, 3.63) is 63.7 Å². The van der Waals surface area contributed by atoms with Crippen LogP contribution in [-0.2, 0) is 4.79 Å². The Morgan fingerprint density at radius 1 is 1.24 bits per heavy atom. The molecule has 1 saturated heterocycles. The average molecular weight is 399 g/mol. The van der Waals surface area contributed by atoms with Crippen LogP contribution in [0.2, 0.25) is 0 Å². The van der Waals surface area contributed by atoms with Gasteiger partial charge in [0.1, 0.15) is 17.5 Å². The average Bonchev–Trinajstić information content (AvgIpc) is 3.24. The normalized spacial score (nSPS) is 18.6. The van der Waals surface area contributed by atoms with Crippen molar-refractivity contribution < 1.29 is 19.2 Å². The Hall–Kier alpha value is -3.50. The predicted octanol–water partition coefficient (Wildman–Crippen LogP) is 1.67. The molecule has 3 N–H and O–H groups in total. The summed E-state index contributed by atoms with van der Waals surface area (Å²) in [5.41, 5.74) is 9.76. The number of nitrogens with zero attached hydrogens (tertiary/aromatic N) is 2. The lowest BCUT2D eigenvalue weighted by molar-refractivity contribution is -0.384. The first-order valence-corrected chi connectivity index (χ1v) is 8.82. The van der Waals surface area contributed by atoms with Crippen LogP contribution in [0.15, 0.2) is 47.6 Å². The summed E-state index contributed by atoms with van der Waals surface area (Å²) in [4.78, 5) is 22.9. The molecule has 0 spiro atoms. The van der Waals surface area contributed by atoms with Gasteiger partial charge in [0.15, 0.2) is 0 Å². The monoisotopic (exact) mass is 399 g/mol. The molecule has 10 heteroatoms. The van der Waals surface area contributed by atoms with Crippen LogP contribution in [0, 0.1) is 10.1 Å². The minimum Gasteiger partial charge on any atom is -0.497 e. The van der Waals surface area contributed by atoms with Crippen molar-refractivity contribution in [1.29, 1.82) is 0 Å². The highest BCUT2D eigenvalue weighted by Crippen LogP contribution is 2.25. The summed E-state index contributed by atoms with van der Waals surface area (Å²) in [6, 6.07) is 10.8. The van der Waals surface area contributed by atoms with E-state index in [1.807, 2.05) is 0 Å². The molecule has 2 atom stereocenters. The molecule has 0 saturated carbocycles. The van der Waals surface area contributed by atoms with Gasteiger partial charge in [-0.1, -0.05) is 12.1 Å². The summed E-state index contributed by atoms with van der Waals surface area (Å²) in [5.74, 6) is 0.902. The Balaban J connectivity index is 1.60. The number of hydrogen-bond acceptors (Lipinski definition) is 8. The molecule has 29 heavy (non-hydrogen) atoms. The number of nitro benzene ring substituents is 1. The molecule has 1 aliphatic rings. The zero-order chi connectivity index (χ0) is 20.8. The van der Waals surface area contributed by atoms with E-state index < -0.39 is 11.0 Å². The Morgan fingerprint density at radius 2 is 2.07 bits per heavy atom. The standard InChI is InChI=1S/C19H21N5O5/c1-28-15-6-7-18(29-2)13(9-15)11-20-23-19(25)17-10-16(21-22-17)12-4-3-5-14(8-12)24(26)27/h3-9,11,16-17,21-22H,10H2,1-2H3,(H,23,25)/b20-11+. The molecule has 0 aromatic heterocycles. The van der Waals surface area contributed by atoms with Gasteiger partial charge in [-0.3, -0.25) is 14.9 Å². The van der Waals surface area contributed by atoms with E-state index in [9.17, 15) is 14.9 Å². The van der Waals surface area contributed by atoms with E-state index in [2.05, 4.69) is 21.4 Å². The van der Waals surface area contributed by atoms with Gasteiger partial charge in [-0.05, 0) is 30.2 Å². The number of rotatable bonds is 7. The quantitative estimate of drug-likeness (QED) is 0.367. The van der Waals surface area contributed by atoms with Crippen molar-refractivity contribution in [2.75, 3.05) is 14.2 Å². The summed E-state index contributed by atoms with van der Waals surface area (Å²) in [6.07, 6.45) is 1.89. The highest BCUT2D eigenvalue weighted by Gasteiger charge is 2.30. The molecule has 3 rings (SSSR count). The number of methoxy groups -OCH3 is 2. The Kier molecular flexibility index (Phi) is 6.37. The Bertz CT molecular complexity index is 933. The topological polar surface area (TPSA) is 127 Å². The molecule has 2 unspecified atom stereocenters. The van der Waals surface area contributed by atoms with Crippen LogP contribution in [0.5, 0.6) is 11.5 Å². The largest absolute Gasteiger partial charge is 0.497 e. The second-order valence-electron chi connectivity index (χ2n) is 6.32. The third-order valence-corrected chi connectivity index (χ3v) is 4.52. The maximum absolute atomic E-state index is 12.4. The third-order valence-electron chi connectivity index (χ3n) is 4.52. The van der Waals surface area contributed by atoms with Gasteiger partial charge in [0, 0.05) is 23.7 Å². The molecular formula is C19H21N5O5. The molecule has 0 radical (unpaired) electrons. The van der Waals surface area contributed by atoms with E-state index >= 15 is 0 Å². The van der Waals surface area contributed by atoms with Crippen molar-refractivity contribution in [3.8, 4) is 11.5 Å². The highest BCUT2D eigenvalue weighted by molar-refractivity contribution is 5.87. The Labute approximate surface area is 167 Å². The second kappa shape index (κ2) is 9.13. The van der Waals surface area contributed by atoms with Crippen LogP contribution >= 0.6 is 0 Å². The van der Waals surface area contributed by atoms with E-state index in [0.717, 1.165) is 5.56 Å². The van der Waals surface area contributed by atoms with Crippen LogP contribution in [0.1, 0.15) is 23.6 Å². The predicted molar refractivity (Wildman–Crippen MR) is 106 cm³/mol. The summed E-state index contributed by atoms with van der Waals surface area (Å²) in [6.45, 7) is 0. The molecule has 1 heterocycles. The first-order chi connectivity index (χ1) is 14.0. The lowest BCUT2D eigenvalue weighted by atomic mass is 10.0. The van der Waals surface area contributed by atoms with Gasteiger partial charge in [0.2, 0.25) is 0 Å². The molecule has 1 aliphatic heterocycles. The minimum absolute atomic E-state index is 0.00837. The molecule has 10 nitrogen and oxygen atoms in total. The summed E-state index contributed by atoms with van der Waals surface area (Å²) in [7, 11) is 3.10. The van der Waals surface area contributed by atoms with Crippen LogP contribution in [-0.4, -0.2) is 37.3 Å². The van der Waals surface area contributed by atoms with Crippen LogP contribution in [0.25, 0.3) is 0 Å². The maximum atomic E-state index is 12.4. The van der Waals surface area contributed by atoms with Crippen LogP contribution in [0.3, 0.4) is 0 Å². The fourth-order valence-corrected chi connectivity index (χ4v) is 2.99. The summed E-state index contributed by atoms with van der Waals surface area (Å²) < 4.78 is 10.4. The van der Waals surface area contributed by atoms with Crippen molar-refractivity contribution in [1.82, 2.24) is 16.3 Å². The fourth-order valence-electron chi connectivity index (χ4n) is 2.99. The number of nitrogens with one attached hydrogen (secondary N) is 3. The highest BCUT2D eigenvalue weighted by atomic mass is 16.6.